The van der Waals surface area contributed by atoms with E-state index in [4.69, 9.17) is 9.47 Å². The highest BCUT2D eigenvalue weighted by atomic mass is 31.1. The fourth-order valence-electron chi connectivity index (χ4n) is 4.02. The van der Waals surface area contributed by atoms with E-state index in [1.165, 1.54) is 87.7 Å². The second kappa shape index (κ2) is 18.8. The summed E-state index contributed by atoms with van der Waals surface area (Å²) in [6, 6.07) is 17.0. The van der Waals surface area contributed by atoms with Gasteiger partial charge in [-0.2, -0.15) is 0 Å². The topological polar surface area (TPSA) is 18.5 Å². The lowest BCUT2D eigenvalue weighted by Gasteiger charge is -2.14. The zero-order valence-corrected chi connectivity index (χ0v) is 22.2. The van der Waals surface area contributed by atoms with Crippen LogP contribution in [-0.4, -0.2) is 13.2 Å². The predicted octanol–water partition coefficient (Wildman–Crippen LogP) is 8.57. The van der Waals surface area contributed by atoms with Crippen molar-refractivity contribution in [1.29, 1.82) is 0 Å². The van der Waals surface area contributed by atoms with Crippen molar-refractivity contribution < 1.29 is 9.47 Å². The average molecular weight is 471 g/mol. The van der Waals surface area contributed by atoms with Crippen LogP contribution in [0, 0.1) is 0 Å². The second-order valence-corrected chi connectivity index (χ2v) is 10.4. The van der Waals surface area contributed by atoms with Crippen molar-refractivity contribution in [3.05, 3.63) is 48.5 Å². The molecule has 0 aliphatic rings. The van der Waals surface area contributed by atoms with Gasteiger partial charge in [0.1, 0.15) is 11.5 Å². The summed E-state index contributed by atoms with van der Waals surface area (Å²) in [7, 11) is 0.548. The molecule has 2 rings (SSSR count). The fraction of sp³-hybridized carbons (Fsp3) is 0.600. The van der Waals surface area contributed by atoms with Gasteiger partial charge < -0.3 is 9.47 Å². The van der Waals surface area contributed by atoms with E-state index in [0.717, 1.165) is 37.6 Å². The zero-order valence-electron chi connectivity index (χ0n) is 21.2. The number of unbranched alkanes of at least 4 members (excludes halogenated alkanes) is 12. The third-order valence-corrected chi connectivity index (χ3v) is 7.42. The summed E-state index contributed by atoms with van der Waals surface area (Å²) in [5.41, 5.74) is 0. The minimum atomic E-state index is 0.548. The summed E-state index contributed by atoms with van der Waals surface area (Å²) in [6.45, 7) is 6.16. The first-order valence-corrected chi connectivity index (χ1v) is 14.6. The molecule has 0 saturated heterocycles. The SMILES string of the molecule is CCCCCCCCCOc1ccccc1Pc1ccccc1OCCCCCCCCC. The van der Waals surface area contributed by atoms with Crippen LogP contribution in [0.2, 0.25) is 0 Å². The molecule has 0 radical (unpaired) electrons. The van der Waals surface area contributed by atoms with Crippen molar-refractivity contribution in [1.82, 2.24) is 0 Å². The van der Waals surface area contributed by atoms with Crippen molar-refractivity contribution in [3.63, 3.8) is 0 Å². The third kappa shape index (κ3) is 12.5. The highest BCUT2D eigenvalue weighted by molar-refractivity contribution is 7.56. The highest BCUT2D eigenvalue weighted by Gasteiger charge is 2.09. The van der Waals surface area contributed by atoms with E-state index in [0.29, 0.717) is 8.58 Å². The number of rotatable bonds is 20. The lowest BCUT2D eigenvalue weighted by atomic mass is 10.1. The largest absolute Gasteiger partial charge is 0.493 e. The smallest absolute Gasteiger partial charge is 0.127 e. The molecule has 0 aliphatic heterocycles. The van der Waals surface area contributed by atoms with Crippen LogP contribution in [-0.2, 0) is 0 Å². The molecule has 2 nitrogen and oxygen atoms in total. The quantitative estimate of drug-likeness (QED) is 0.142. The van der Waals surface area contributed by atoms with Crippen molar-refractivity contribution in [2.75, 3.05) is 13.2 Å². The van der Waals surface area contributed by atoms with Crippen LogP contribution >= 0.6 is 8.58 Å². The van der Waals surface area contributed by atoms with Crippen molar-refractivity contribution >= 4 is 19.2 Å². The van der Waals surface area contributed by atoms with Crippen LogP contribution in [0.1, 0.15) is 104 Å². The summed E-state index contributed by atoms with van der Waals surface area (Å²) in [5.74, 6) is 2.06. The summed E-state index contributed by atoms with van der Waals surface area (Å²) >= 11 is 0. The molecule has 0 spiro atoms. The first-order chi connectivity index (χ1) is 16.3. The Hall–Kier alpha value is -1.53. The standard InChI is InChI=1S/C30H47O2P/c1-3-5-7-9-11-13-19-25-31-27-21-15-17-23-29(27)33-30-24-18-16-22-28(30)32-26-20-14-12-10-8-6-4-2/h15-18,21-24,33H,3-14,19-20,25-26H2,1-2H3. The van der Waals surface area contributed by atoms with Gasteiger partial charge in [0.25, 0.3) is 0 Å². The van der Waals surface area contributed by atoms with Crippen molar-refractivity contribution in [2.24, 2.45) is 0 Å². The number of para-hydroxylation sites is 2. The zero-order chi connectivity index (χ0) is 23.4. The van der Waals surface area contributed by atoms with Gasteiger partial charge in [0.15, 0.2) is 0 Å². The summed E-state index contributed by atoms with van der Waals surface area (Å²) in [4.78, 5) is 0. The molecule has 0 bridgehead atoms. The minimum Gasteiger partial charge on any atom is -0.493 e. The fourth-order valence-corrected chi connectivity index (χ4v) is 5.23. The van der Waals surface area contributed by atoms with Crippen LogP contribution in [0.5, 0.6) is 11.5 Å². The first kappa shape index (κ1) is 27.7. The third-order valence-electron chi connectivity index (χ3n) is 6.05. The molecule has 0 amide bonds. The van der Waals surface area contributed by atoms with Gasteiger partial charge in [0, 0.05) is 10.6 Å². The van der Waals surface area contributed by atoms with E-state index in [1.807, 2.05) is 0 Å². The Morgan fingerprint density at radius 2 is 0.848 bits per heavy atom. The van der Waals surface area contributed by atoms with Gasteiger partial charge in [-0.3, -0.25) is 0 Å². The molecule has 3 heteroatoms. The second-order valence-electron chi connectivity index (χ2n) is 9.06. The van der Waals surface area contributed by atoms with Gasteiger partial charge in [0.2, 0.25) is 0 Å². The van der Waals surface area contributed by atoms with E-state index < -0.39 is 0 Å². The molecule has 33 heavy (non-hydrogen) atoms. The Morgan fingerprint density at radius 3 is 1.27 bits per heavy atom. The molecule has 2 aromatic rings. The van der Waals surface area contributed by atoms with Gasteiger partial charge in [0.05, 0.1) is 13.2 Å². The monoisotopic (exact) mass is 470 g/mol. The summed E-state index contributed by atoms with van der Waals surface area (Å²) < 4.78 is 12.4. The molecule has 0 fully saturated rings. The Bertz CT molecular complexity index is 669. The van der Waals surface area contributed by atoms with E-state index in [9.17, 15) is 0 Å². The molecule has 0 heterocycles. The van der Waals surface area contributed by atoms with Crippen LogP contribution in [0.15, 0.2) is 48.5 Å². The van der Waals surface area contributed by atoms with E-state index in [-0.39, 0.29) is 0 Å². The van der Waals surface area contributed by atoms with Crippen molar-refractivity contribution in [2.45, 2.75) is 104 Å². The Kier molecular flexibility index (Phi) is 15.8. The van der Waals surface area contributed by atoms with Gasteiger partial charge in [-0.15, -0.1) is 0 Å². The van der Waals surface area contributed by atoms with Crippen molar-refractivity contribution in [3.8, 4) is 11.5 Å². The van der Waals surface area contributed by atoms with E-state index in [2.05, 4.69) is 62.4 Å². The van der Waals surface area contributed by atoms with Gasteiger partial charge in [-0.05, 0) is 25.0 Å². The maximum Gasteiger partial charge on any atom is 0.127 e. The molecule has 0 N–H and O–H groups in total. The highest BCUT2D eigenvalue weighted by Crippen LogP contribution is 2.24. The Morgan fingerprint density at radius 1 is 0.485 bits per heavy atom. The molecular weight excluding hydrogens is 423 g/mol. The molecular formula is C30H47O2P. The number of ether oxygens (including phenoxy) is 2. The van der Waals surface area contributed by atoms with Crippen LogP contribution < -0.4 is 20.1 Å². The number of hydrogen-bond acceptors (Lipinski definition) is 2. The maximum absolute atomic E-state index is 6.20. The lowest BCUT2D eigenvalue weighted by Crippen LogP contribution is -2.12. The summed E-state index contributed by atoms with van der Waals surface area (Å²) in [5, 5.41) is 2.54. The van der Waals surface area contributed by atoms with Gasteiger partial charge >= 0.3 is 0 Å². The van der Waals surface area contributed by atoms with Crippen LogP contribution in [0.25, 0.3) is 0 Å². The van der Waals surface area contributed by atoms with E-state index in [1.54, 1.807) is 0 Å². The lowest BCUT2D eigenvalue weighted by molar-refractivity contribution is 0.306. The maximum atomic E-state index is 6.20. The van der Waals surface area contributed by atoms with Gasteiger partial charge in [-0.25, -0.2) is 0 Å². The molecule has 0 aliphatic carbocycles. The molecule has 0 atom stereocenters. The molecule has 2 aromatic carbocycles. The van der Waals surface area contributed by atoms with Crippen LogP contribution in [0.3, 0.4) is 0 Å². The Balaban J connectivity index is 1.76. The number of benzene rings is 2. The van der Waals surface area contributed by atoms with Gasteiger partial charge in [-0.1, -0.05) is 136 Å². The number of hydrogen-bond donors (Lipinski definition) is 0. The molecule has 0 aromatic heterocycles. The normalized spacial score (nSPS) is 11.0. The minimum absolute atomic E-state index is 0.548. The summed E-state index contributed by atoms with van der Waals surface area (Å²) in [6.07, 6.45) is 18.3. The first-order valence-electron chi connectivity index (χ1n) is 13.6. The Labute approximate surface area is 205 Å². The average Bonchev–Trinajstić information content (AvgIpc) is 2.84. The molecule has 0 unspecified atom stereocenters. The molecule has 0 saturated carbocycles. The predicted molar refractivity (Wildman–Crippen MR) is 147 cm³/mol. The van der Waals surface area contributed by atoms with E-state index >= 15 is 0 Å². The molecule has 184 valence electrons. The van der Waals surface area contributed by atoms with Crippen LogP contribution in [0.4, 0.5) is 0 Å².